The minimum Gasteiger partial charge on any atom is -0.497 e. The zero-order valence-corrected chi connectivity index (χ0v) is 18.5. The highest BCUT2D eigenvalue weighted by Crippen LogP contribution is 2.21. The second-order valence-electron chi connectivity index (χ2n) is 7.16. The van der Waals surface area contributed by atoms with E-state index in [1.54, 1.807) is 31.4 Å². The van der Waals surface area contributed by atoms with Crippen molar-refractivity contribution >= 4 is 23.5 Å². The fourth-order valence-electron chi connectivity index (χ4n) is 3.28. The summed E-state index contributed by atoms with van der Waals surface area (Å²) in [6.07, 6.45) is 2.97. The minimum absolute atomic E-state index is 0.0812. The molecule has 1 heterocycles. The Morgan fingerprint density at radius 1 is 1.12 bits per heavy atom. The van der Waals surface area contributed by atoms with Crippen LogP contribution in [-0.4, -0.2) is 36.3 Å². The van der Waals surface area contributed by atoms with Crippen molar-refractivity contribution in [3.05, 3.63) is 92.6 Å². The normalized spacial score (nSPS) is 11.0. The molecule has 0 saturated carbocycles. The van der Waals surface area contributed by atoms with Crippen molar-refractivity contribution in [2.45, 2.75) is 13.1 Å². The van der Waals surface area contributed by atoms with Crippen LogP contribution in [0.15, 0.2) is 70.3 Å². The third-order valence-electron chi connectivity index (χ3n) is 4.96. The fraction of sp³-hybridized carbons (Fsp3) is 0.208. The van der Waals surface area contributed by atoms with Crippen molar-refractivity contribution in [2.24, 2.45) is 0 Å². The monoisotopic (exact) mass is 450 g/mol. The van der Waals surface area contributed by atoms with Gasteiger partial charge in [-0.3, -0.25) is 24.0 Å². The van der Waals surface area contributed by atoms with E-state index >= 15 is 0 Å². The Labute approximate surface area is 190 Å². The average Bonchev–Trinajstić information content (AvgIpc) is 2.82. The molecule has 0 radical (unpaired) electrons. The highest BCUT2D eigenvalue weighted by atomic mass is 16.5. The predicted octanol–water partition coefficient (Wildman–Crippen LogP) is 2.02. The maximum atomic E-state index is 13.3. The van der Waals surface area contributed by atoms with Crippen molar-refractivity contribution < 1.29 is 14.3 Å². The molecule has 3 aromatic rings. The van der Waals surface area contributed by atoms with Crippen LogP contribution in [0.4, 0.5) is 11.5 Å². The molecule has 0 atom stereocenters. The summed E-state index contributed by atoms with van der Waals surface area (Å²) >= 11 is 0. The smallest absolute Gasteiger partial charge is 0.330 e. The van der Waals surface area contributed by atoms with Crippen LogP contribution in [-0.2, 0) is 22.6 Å². The Bertz CT molecular complexity index is 1250. The molecule has 0 saturated heterocycles. The number of nitrogens with zero attached hydrogens (tertiary/aromatic N) is 2. The lowest BCUT2D eigenvalue weighted by molar-refractivity contribution is -0.114. The second-order valence-corrected chi connectivity index (χ2v) is 7.16. The number of methoxy groups -OCH3 is 2. The molecule has 33 heavy (non-hydrogen) atoms. The lowest BCUT2D eigenvalue weighted by Gasteiger charge is -2.23. The molecule has 3 N–H and O–H groups in total. The lowest BCUT2D eigenvalue weighted by atomic mass is 10.1. The number of hydrogen-bond acceptors (Lipinski definition) is 6. The molecule has 1 aromatic heterocycles. The van der Waals surface area contributed by atoms with E-state index in [9.17, 15) is 14.4 Å². The Morgan fingerprint density at radius 3 is 2.58 bits per heavy atom. The summed E-state index contributed by atoms with van der Waals surface area (Å²) in [5.74, 6) is 0.0623. The number of carbonyl (C=O) groups excluding carboxylic acids is 1. The average molecular weight is 450 g/mol. The van der Waals surface area contributed by atoms with E-state index in [1.807, 2.05) is 36.4 Å². The number of anilines is 2. The number of nitrogens with one attached hydrogen (secondary N) is 1. The van der Waals surface area contributed by atoms with E-state index in [-0.39, 0.29) is 31.2 Å². The number of hydrogen-bond donors (Lipinski definition) is 2. The maximum Gasteiger partial charge on any atom is 0.330 e. The van der Waals surface area contributed by atoms with E-state index < -0.39 is 17.2 Å². The third-order valence-corrected chi connectivity index (χ3v) is 4.96. The molecular weight excluding hydrogens is 424 g/mol. The third kappa shape index (κ3) is 5.78. The number of H-pyrrole nitrogens is 1. The molecule has 0 spiro atoms. The van der Waals surface area contributed by atoms with Crippen LogP contribution in [0.25, 0.3) is 6.08 Å². The van der Waals surface area contributed by atoms with E-state index in [2.05, 4.69) is 4.98 Å². The summed E-state index contributed by atoms with van der Waals surface area (Å²) in [5.41, 5.74) is 6.23. The van der Waals surface area contributed by atoms with Crippen LogP contribution in [0.2, 0.25) is 0 Å². The van der Waals surface area contributed by atoms with Crippen molar-refractivity contribution in [3.63, 3.8) is 0 Å². The molecular formula is C24H26N4O5. The Hall–Kier alpha value is -4.11. The van der Waals surface area contributed by atoms with Gasteiger partial charge in [0.15, 0.2) is 5.69 Å². The molecule has 3 rings (SSSR count). The van der Waals surface area contributed by atoms with Gasteiger partial charge in [-0.2, -0.15) is 0 Å². The van der Waals surface area contributed by atoms with Crippen LogP contribution >= 0.6 is 0 Å². The lowest BCUT2D eigenvalue weighted by Crippen LogP contribution is -2.40. The summed E-state index contributed by atoms with van der Waals surface area (Å²) in [5, 5.41) is 0. The highest BCUT2D eigenvalue weighted by Gasteiger charge is 2.23. The number of ether oxygens (including phenoxy) is 2. The minimum atomic E-state index is -0.745. The predicted molar refractivity (Wildman–Crippen MR) is 127 cm³/mol. The van der Waals surface area contributed by atoms with E-state index in [4.69, 9.17) is 15.2 Å². The van der Waals surface area contributed by atoms with Crippen LogP contribution in [0.5, 0.6) is 5.75 Å². The number of aromatic amines is 1. The van der Waals surface area contributed by atoms with Crippen molar-refractivity contribution in [1.82, 2.24) is 9.55 Å². The summed E-state index contributed by atoms with van der Waals surface area (Å²) in [7, 11) is 3.05. The molecule has 0 unspecified atom stereocenters. The van der Waals surface area contributed by atoms with Gasteiger partial charge in [0.25, 0.3) is 11.5 Å². The molecule has 0 aliphatic rings. The number of carbonyl (C=O) groups is 1. The van der Waals surface area contributed by atoms with Crippen LogP contribution in [0.3, 0.4) is 0 Å². The number of nitrogen functional groups attached to an aromatic ring is 1. The van der Waals surface area contributed by atoms with Gasteiger partial charge in [-0.05, 0) is 29.3 Å². The number of aromatic nitrogens is 2. The van der Waals surface area contributed by atoms with Gasteiger partial charge in [0, 0.05) is 13.2 Å². The van der Waals surface area contributed by atoms with Crippen molar-refractivity contribution in [3.8, 4) is 5.75 Å². The van der Waals surface area contributed by atoms with Crippen LogP contribution in [0.1, 0.15) is 11.1 Å². The molecule has 1 amide bonds. The molecule has 0 fully saturated rings. The van der Waals surface area contributed by atoms with Gasteiger partial charge in [0.2, 0.25) is 0 Å². The van der Waals surface area contributed by atoms with Gasteiger partial charge in [-0.15, -0.1) is 0 Å². The molecule has 9 heteroatoms. The number of amides is 1. The van der Waals surface area contributed by atoms with Crippen molar-refractivity contribution in [1.29, 1.82) is 0 Å². The first kappa shape index (κ1) is 23.6. The summed E-state index contributed by atoms with van der Waals surface area (Å²) < 4.78 is 11.4. The zero-order valence-electron chi connectivity index (χ0n) is 18.5. The fourth-order valence-corrected chi connectivity index (χ4v) is 3.28. The van der Waals surface area contributed by atoms with Gasteiger partial charge >= 0.3 is 5.69 Å². The number of rotatable bonds is 9. The molecule has 0 aliphatic heterocycles. The molecule has 0 aliphatic carbocycles. The standard InChI is InChI=1S/C24H26N4O5/c1-32-14-13-27-22(25)21(23(30)26-24(27)31)28(16-18-7-4-3-5-8-18)20(29)12-11-17-9-6-10-19(15-17)33-2/h3-12,15H,13-14,16,25H2,1-2H3,(H,26,30,31)/b12-11+. The first-order valence-corrected chi connectivity index (χ1v) is 10.2. The Morgan fingerprint density at radius 2 is 1.88 bits per heavy atom. The first-order valence-electron chi connectivity index (χ1n) is 10.2. The van der Waals surface area contributed by atoms with Gasteiger partial charge in [-0.1, -0.05) is 42.5 Å². The van der Waals surface area contributed by atoms with E-state index in [1.165, 1.54) is 22.7 Å². The van der Waals surface area contributed by atoms with Gasteiger partial charge in [0.1, 0.15) is 11.6 Å². The van der Waals surface area contributed by atoms with E-state index in [0.717, 1.165) is 11.1 Å². The summed E-state index contributed by atoms with van der Waals surface area (Å²) in [4.78, 5) is 41.8. The zero-order chi connectivity index (χ0) is 23.8. The highest BCUT2D eigenvalue weighted by molar-refractivity contribution is 6.05. The summed E-state index contributed by atoms with van der Waals surface area (Å²) in [6.45, 7) is 0.411. The molecule has 2 aromatic carbocycles. The molecule has 172 valence electrons. The van der Waals surface area contributed by atoms with Crippen molar-refractivity contribution in [2.75, 3.05) is 31.5 Å². The van der Waals surface area contributed by atoms with Gasteiger partial charge in [-0.25, -0.2) is 4.79 Å². The quantitative estimate of drug-likeness (QED) is 0.482. The van der Waals surface area contributed by atoms with Gasteiger partial charge < -0.3 is 15.2 Å². The number of nitrogens with two attached hydrogens (primary N) is 1. The molecule has 9 nitrogen and oxygen atoms in total. The Kier molecular flexibility index (Phi) is 7.82. The Balaban J connectivity index is 2.05. The summed E-state index contributed by atoms with van der Waals surface area (Å²) in [6, 6.07) is 16.4. The van der Waals surface area contributed by atoms with E-state index in [0.29, 0.717) is 5.75 Å². The maximum absolute atomic E-state index is 13.3. The van der Waals surface area contributed by atoms with Crippen LogP contribution in [0, 0.1) is 0 Å². The SMILES string of the molecule is COCCn1c(N)c(N(Cc2ccccc2)C(=O)/C=C/c2cccc(OC)c2)c(=O)[nH]c1=O. The largest absolute Gasteiger partial charge is 0.497 e. The second kappa shape index (κ2) is 11.0. The molecule has 0 bridgehead atoms. The van der Waals surface area contributed by atoms with Gasteiger partial charge in [0.05, 0.1) is 26.8 Å². The first-order chi connectivity index (χ1) is 15.9. The topological polar surface area (TPSA) is 120 Å². The van der Waals surface area contributed by atoms with Crippen LogP contribution < -0.4 is 26.6 Å². The number of benzene rings is 2.